The van der Waals surface area contributed by atoms with Crippen molar-refractivity contribution in [1.82, 2.24) is 5.32 Å². The number of aliphatic hydroxyl groups is 1. The molecule has 6 nitrogen and oxygen atoms in total. The van der Waals surface area contributed by atoms with E-state index in [2.05, 4.69) is 5.32 Å². The number of amides is 1. The van der Waals surface area contributed by atoms with Crippen LogP contribution in [0.1, 0.15) is 63.7 Å². The lowest BCUT2D eigenvalue weighted by molar-refractivity contribution is -0.177. The molecular weight excluding hydrogens is 382 g/mol. The molecule has 1 aromatic carbocycles. The third kappa shape index (κ3) is 3.73. The summed E-state index contributed by atoms with van der Waals surface area (Å²) in [5, 5.41) is 14.6. The first kappa shape index (κ1) is 19.6. The number of carbonyl (C=O) groups is 2. The predicted molar refractivity (Wildman–Crippen MR) is 110 cm³/mol. The van der Waals surface area contributed by atoms with Gasteiger partial charge in [-0.25, -0.2) is 0 Å². The van der Waals surface area contributed by atoms with Crippen molar-refractivity contribution in [1.29, 1.82) is 0 Å². The van der Waals surface area contributed by atoms with Gasteiger partial charge in [-0.05, 0) is 74.8 Å². The number of furan rings is 1. The molecular formula is C24H29NO5. The van der Waals surface area contributed by atoms with Crippen LogP contribution in [0.3, 0.4) is 0 Å². The average molecular weight is 411 g/mol. The molecule has 6 rings (SSSR count). The maximum Gasteiger partial charge on any atom is 0.306 e. The van der Waals surface area contributed by atoms with Crippen LogP contribution in [0.5, 0.6) is 0 Å². The Morgan fingerprint density at radius 1 is 1.23 bits per heavy atom. The molecule has 4 bridgehead atoms. The molecule has 2 aromatic rings. The van der Waals surface area contributed by atoms with E-state index in [0.29, 0.717) is 30.4 Å². The number of nitrogens with one attached hydrogen (secondary N) is 1. The van der Waals surface area contributed by atoms with Gasteiger partial charge in [0.15, 0.2) is 6.61 Å². The number of carbonyl (C=O) groups excluding carboxylic acids is 2. The fourth-order valence-electron chi connectivity index (χ4n) is 6.68. The average Bonchev–Trinajstić information content (AvgIpc) is 3.08. The highest BCUT2D eigenvalue weighted by molar-refractivity contribution is 5.81. The summed E-state index contributed by atoms with van der Waals surface area (Å²) in [5.41, 5.74) is 0.0369. The van der Waals surface area contributed by atoms with Gasteiger partial charge < -0.3 is 19.6 Å². The van der Waals surface area contributed by atoms with Gasteiger partial charge in [0.25, 0.3) is 5.91 Å². The number of rotatable bonds is 6. The van der Waals surface area contributed by atoms with Crippen LogP contribution in [0, 0.1) is 17.3 Å². The number of hydrogen-bond acceptors (Lipinski definition) is 5. The van der Waals surface area contributed by atoms with Crippen molar-refractivity contribution in [3.63, 3.8) is 0 Å². The van der Waals surface area contributed by atoms with E-state index in [-0.39, 0.29) is 29.9 Å². The molecule has 5 atom stereocenters. The molecule has 0 spiro atoms. The normalized spacial score (nSPS) is 32.9. The number of benzene rings is 1. The van der Waals surface area contributed by atoms with Gasteiger partial charge in [-0.3, -0.25) is 9.59 Å². The summed E-state index contributed by atoms with van der Waals surface area (Å²) in [6.07, 6.45) is 5.92. The van der Waals surface area contributed by atoms with E-state index in [1.54, 1.807) is 0 Å². The van der Waals surface area contributed by atoms with E-state index in [0.717, 1.165) is 36.7 Å². The van der Waals surface area contributed by atoms with Gasteiger partial charge in [0.05, 0.1) is 18.1 Å². The zero-order chi connectivity index (χ0) is 20.9. The summed E-state index contributed by atoms with van der Waals surface area (Å²) < 4.78 is 11.1. The third-order valence-electron chi connectivity index (χ3n) is 7.28. The lowest BCUT2D eigenvalue weighted by Gasteiger charge is -2.60. The Hall–Kier alpha value is -2.34. The number of ether oxygens (including phenoxy) is 1. The van der Waals surface area contributed by atoms with Crippen LogP contribution in [0.25, 0.3) is 11.0 Å². The minimum atomic E-state index is -0.593. The lowest BCUT2D eigenvalue weighted by Crippen LogP contribution is -2.56. The smallest absolute Gasteiger partial charge is 0.306 e. The Labute approximate surface area is 176 Å². The monoisotopic (exact) mass is 411 g/mol. The van der Waals surface area contributed by atoms with Crippen molar-refractivity contribution in [2.45, 2.75) is 63.5 Å². The molecule has 1 heterocycles. The second-order valence-corrected chi connectivity index (χ2v) is 10.00. The van der Waals surface area contributed by atoms with Crippen molar-refractivity contribution in [2.24, 2.45) is 17.3 Å². The van der Waals surface area contributed by atoms with Crippen LogP contribution < -0.4 is 5.32 Å². The highest BCUT2D eigenvalue weighted by atomic mass is 16.5. The largest absolute Gasteiger partial charge is 0.459 e. The molecule has 30 heavy (non-hydrogen) atoms. The second kappa shape index (κ2) is 7.12. The molecule has 1 aromatic heterocycles. The van der Waals surface area contributed by atoms with Crippen molar-refractivity contribution >= 4 is 22.8 Å². The van der Waals surface area contributed by atoms with Crippen LogP contribution in [-0.2, 0) is 14.3 Å². The molecule has 4 fully saturated rings. The standard InChI is InChI=1S/C24H29NO5/c1-15(20-7-18-4-2-3-5-19(18)30-20)25-21(26)13-29-22(27)12-23-8-16-6-17(9-23)11-24(28,10-16)14-23/h2-5,7,15-17,28H,6,8-14H2,1H3,(H,25,26)/t15-,16-,17+,23?,24?/m0/s1. The Balaban J connectivity index is 1.13. The molecule has 4 aliphatic rings. The van der Waals surface area contributed by atoms with Crippen molar-refractivity contribution in [3.05, 3.63) is 36.1 Å². The minimum absolute atomic E-state index is 0.145. The van der Waals surface area contributed by atoms with Gasteiger partial charge in [-0.1, -0.05) is 18.2 Å². The Bertz CT molecular complexity index is 932. The topological polar surface area (TPSA) is 88.8 Å². The van der Waals surface area contributed by atoms with E-state index in [1.165, 1.54) is 6.42 Å². The molecule has 0 saturated heterocycles. The first-order chi connectivity index (χ1) is 14.3. The maximum atomic E-state index is 12.5. The van der Waals surface area contributed by atoms with Gasteiger partial charge in [0, 0.05) is 5.39 Å². The van der Waals surface area contributed by atoms with Gasteiger partial charge >= 0.3 is 5.97 Å². The molecule has 2 N–H and O–H groups in total. The molecule has 6 heteroatoms. The quantitative estimate of drug-likeness (QED) is 0.705. The minimum Gasteiger partial charge on any atom is -0.459 e. The van der Waals surface area contributed by atoms with Crippen LogP contribution in [-0.4, -0.2) is 29.2 Å². The van der Waals surface area contributed by atoms with Gasteiger partial charge in [-0.2, -0.15) is 0 Å². The number of esters is 1. The highest BCUT2D eigenvalue weighted by Gasteiger charge is 2.57. The zero-order valence-electron chi connectivity index (χ0n) is 17.4. The first-order valence-corrected chi connectivity index (χ1v) is 11.0. The fraction of sp³-hybridized carbons (Fsp3) is 0.583. The van der Waals surface area contributed by atoms with Crippen molar-refractivity contribution in [2.75, 3.05) is 6.61 Å². The molecule has 4 saturated carbocycles. The first-order valence-electron chi connectivity index (χ1n) is 11.0. The molecule has 0 aliphatic heterocycles. The maximum absolute atomic E-state index is 12.5. The van der Waals surface area contributed by atoms with Gasteiger partial charge in [0.1, 0.15) is 11.3 Å². The highest BCUT2D eigenvalue weighted by Crippen LogP contribution is 2.62. The van der Waals surface area contributed by atoms with E-state index in [1.807, 2.05) is 37.3 Å². The lowest BCUT2D eigenvalue weighted by atomic mass is 9.47. The summed E-state index contributed by atoms with van der Waals surface area (Å²) in [6.45, 7) is 1.55. The summed E-state index contributed by atoms with van der Waals surface area (Å²) >= 11 is 0. The summed E-state index contributed by atoms with van der Waals surface area (Å²) in [6, 6.07) is 9.27. The van der Waals surface area contributed by atoms with Crippen LogP contribution in [0.4, 0.5) is 0 Å². The number of para-hydroxylation sites is 1. The number of hydrogen-bond donors (Lipinski definition) is 2. The molecule has 0 radical (unpaired) electrons. The van der Waals surface area contributed by atoms with Crippen LogP contribution in [0.15, 0.2) is 34.7 Å². The predicted octanol–water partition coefficient (Wildman–Crippen LogP) is 3.87. The third-order valence-corrected chi connectivity index (χ3v) is 7.28. The molecule has 2 unspecified atom stereocenters. The van der Waals surface area contributed by atoms with E-state index < -0.39 is 5.60 Å². The van der Waals surface area contributed by atoms with Crippen molar-refractivity contribution < 1.29 is 23.8 Å². The van der Waals surface area contributed by atoms with E-state index in [9.17, 15) is 14.7 Å². The second-order valence-electron chi connectivity index (χ2n) is 10.00. The van der Waals surface area contributed by atoms with Gasteiger partial charge in [-0.15, -0.1) is 0 Å². The molecule has 160 valence electrons. The van der Waals surface area contributed by atoms with E-state index >= 15 is 0 Å². The molecule has 4 aliphatic carbocycles. The summed E-state index contributed by atoms with van der Waals surface area (Å²) in [7, 11) is 0. The SMILES string of the molecule is C[C@H](NC(=O)COC(=O)CC12C[C@@H]3C[C@@H](CC(O)(C3)C1)C2)c1cc2ccccc2o1. The zero-order valence-corrected chi connectivity index (χ0v) is 17.4. The van der Waals surface area contributed by atoms with E-state index in [4.69, 9.17) is 9.15 Å². The summed E-state index contributed by atoms with van der Waals surface area (Å²) in [4.78, 5) is 24.8. The van der Waals surface area contributed by atoms with Crippen LogP contribution >= 0.6 is 0 Å². The number of fused-ring (bicyclic) bond motifs is 1. The van der Waals surface area contributed by atoms with Crippen LogP contribution in [0.2, 0.25) is 0 Å². The fourth-order valence-corrected chi connectivity index (χ4v) is 6.68. The van der Waals surface area contributed by atoms with Crippen molar-refractivity contribution in [3.8, 4) is 0 Å². The van der Waals surface area contributed by atoms with Gasteiger partial charge in [0.2, 0.25) is 0 Å². The Morgan fingerprint density at radius 2 is 1.97 bits per heavy atom. The Kier molecular flexibility index (Phi) is 4.65. The Morgan fingerprint density at radius 3 is 2.67 bits per heavy atom. The summed E-state index contributed by atoms with van der Waals surface area (Å²) in [5.74, 6) is 1.03. The molecule has 1 amide bonds.